The molecule has 0 unspecified atom stereocenters. The van der Waals surface area contributed by atoms with Crippen LogP contribution in [0.2, 0.25) is 0 Å². The van der Waals surface area contributed by atoms with Gasteiger partial charge in [0.1, 0.15) is 18.3 Å². The van der Waals surface area contributed by atoms with Gasteiger partial charge < -0.3 is 15.0 Å². The number of aryl methyl sites for hydroxylation is 3. The highest BCUT2D eigenvalue weighted by molar-refractivity contribution is 7.92. The van der Waals surface area contributed by atoms with Crippen molar-refractivity contribution in [3.8, 4) is 5.75 Å². The van der Waals surface area contributed by atoms with Crippen LogP contribution in [-0.2, 0) is 26.2 Å². The number of anilines is 1. The highest BCUT2D eigenvalue weighted by atomic mass is 32.2. The third kappa shape index (κ3) is 7.67. The lowest BCUT2D eigenvalue weighted by Gasteiger charge is -2.33. The summed E-state index contributed by atoms with van der Waals surface area (Å²) in [5.41, 5.74) is 3.78. The van der Waals surface area contributed by atoms with E-state index in [2.05, 4.69) is 5.32 Å². The molecule has 0 radical (unpaired) electrons. The fourth-order valence-electron chi connectivity index (χ4n) is 4.36. The molecule has 0 fully saturated rings. The van der Waals surface area contributed by atoms with Crippen molar-refractivity contribution in [2.24, 2.45) is 0 Å². The molecule has 0 aromatic heterocycles. The lowest BCUT2D eigenvalue weighted by atomic mass is 10.1. The summed E-state index contributed by atoms with van der Waals surface area (Å²) in [5.74, 6) is -0.506. The molecule has 220 valence electrons. The van der Waals surface area contributed by atoms with E-state index in [1.807, 2.05) is 65.0 Å². The first kappa shape index (κ1) is 31.7. The first-order chi connectivity index (χ1) is 19.4. The van der Waals surface area contributed by atoms with E-state index in [1.165, 1.54) is 24.1 Å². The van der Waals surface area contributed by atoms with Crippen molar-refractivity contribution >= 4 is 27.5 Å². The molecule has 0 aliphatic rings. The largest absolute Gasteiger partial charge is 0.495 e. The van der Waals surface area contributed by atoms with Gasteiger partial charge in [0.15, 0.2) is 0 Å². The highest BCUT2D eigenvalue weighted by Crippen LogP contribution is 2.34. The molecule has 9 heteroatoms. The second kappa shape index (κ2) is 13.7. The van der Waals surface area contributed by atoms with E-state index in [1.54, 1.807) is 31.2 Å². The molecular formula is C32H41N3O5S. The van der Waals surface area contributed by atoms with Crippen molar-refractivity contribution in [1.29, 1.82) is 0 Å². The average molecular weight is 580 g/mol. The molecule has 0 spiro atoms. The van der Waals surface area contributed by atoms with E-state index in [0.717, 1.165) is 33.0 Å². The summed E-state index contributed by atoms with van der Waals surface area (Å²) in [4.78, 5) is 28.9. The summed E-state index contributed by atoms with van der Waals surface area (Å²) < 4.78 is 34.8. The second-order valence-corrected chi connectivity index (χ2v) is 12.3. The monoisotopic (exact) mass is 579 g/mol. The van der Waals surface area contributed by atoms with Crippen molar-refractivity contribution in [3.63, 3.8) is 0 Å². The molecule has 2 atom stereocenters. The van der Waals surface area contributed by atoms with Gasteiger partial charge in [0.05, 0.1) is 17.7 Å². The first-order valence-electron chi connectivity index (χ1n) is 13.8. The quantitative estimate of drug-likeness (QED) is 0.320. The topological polar surface area (TPSA) is 96.0 Å². The smallest absolute Gasteiger partial charge is 0.264 e. The van der Waals surface area contributed by atoms with Gasteiger partial charge >= 0.3 is 0 Å². The number of hydrogen-bond acceptors (Lipinski definition) is 5. The standard InChI is InChI=1S/C32H41N3O5S/c1-8-25(5)33-32(37)26(6)34(20-27-12-10-9-11-24(27)4)31(36)21-35(29-19-23(3)15-18-30(29)40-7)41(38,39)28-16-13-22(2)14-17-28/h9-19,25-26H,8,20-21H2,1-7H3,(H,33,37)/t25-,26-/m0/s1. The Labute approximate surface area is 244 Å². The van der Waals surface area contributed by atoms with Gasteiger partial charge in [0.2, 0.25) is 11.8 Å². The second-order valence-electron chi connectivity index (χ2n) is 10.4. The van der Waals surface area contributed by atoms with Crippen LogP contribution in [0, 0.1) is 20.8 Å². The van der Waals surface area contributed by atoms with Crippen molar-refractivity contribution in [2.75, 3.05) is 18.0 Å². The summed E-state index contributed by atoms with van der Waals surface area (Å²) in [6.45, 7) is 10.8. The molecule has 1 N–H and O–H groups in total. The Kier molecular flexibility index (Phi) is 10.6. The fraction of sp³-hybridized carbons (Fsp3) is 0.375. The molecule has 3 aromatic carbocycles. The van der Waals surface area contributed by atoms with E-state index >= 15 is 0 Å². The van der Waals surface area contributed by atoms with Crippen LogP contribution in [0.3, 0.4) is 0 Å². The lowest BCUT2D eigenvalue weighted by Crippen LogP contribution is -2.52. The van der Waals surface area contributed by atoms with Crippen LogP contribution >= 0.6 is 0 Å². The minimum Gasteiger partial charge on any atom is -0.495 e. The molecule has 0 heterocycles. The summed E-state index contributed by atoms with van der Waals surface area (Å²) in [5, 5.41) is 2.95. The zero-order chi connectivity index (χ0) is 30.3. The van der Waals surface area contributed by atoms with Gasteiger partial charge in [0, 0.05) is 12.6 Å². The number of hydrogen-bond donors (Lipinski definition) is 1. The number of carbonyl (C=O) groups is 2. The van der Waals surface area contributed by atoms with Crippen molar-refractivity contribution in [3.05, 3.63) is 89.0 Å². The normalized spacial score (nSPS) is 12.8. The third-order valence-electron chi connectivity index (χ3n) is 7.26. The van der Waals surface area contributed by atoms with Crippen LogP contribution in [0.15, 0.2) is 71.6 Å². The third-order valence-corrected chi connectivity index (χ3v) is 9.04. The minimum absolute atomic E-state index is 0.0486. The molecule has 3 rings (SSSR count). The predicted octanol–water partition coefficient (Wildman–Crippen LogP) is 5.15. The molecule has 3 aromatic rings. The Balaban J connectivity index is 2.11. The van der Waals surface area contributed by atoms with E-state index in [-0.39, 0.29) is 29.1 Å². The molecule has 0 bridgehead atoms. The van der Waals surface area contributed by atoms with Gasteiger partial charge in [-0.1, -0.05) is 55.0 Å². The van der Waals surface area contributed by atoms with Gasteiger partial charge in [-0.05, 0) is 82.0 Å². The lowest BCUT2D eigenvalue weighted by molar-refractivity contribution is -0.139. The van der Waals surface area contributed by atoms with Crippen LogP contribution in [0.5, 0.6) is 5.75 Å². The number of methoxy groups -OCH3 is 1. The molecule has 41 heavy (non-hydrogen) atoms. The molecule has 0 aliphatic heterocycles. The Morgan fingerprint density at radius 3 is 2.17 bits per heavy atom. The molecule has 0 aliphatic carbocycles. The summed E-state index contributed by atoms with van der Waals surface area (Å²) in [6, 6.07) is 18.4. The van der Waals surface area contributed by atoms with Crippen LogP contribution < -0.4 is 14.4 Å². The van der Waals surface area contributed by atoms with Crippen molar-refractivity contribution in [1.82, 2.24) is 10.2 Å². The van der Waals surface area contributed by atoms with E-state index in [9.17, 15) is 18.0 Å². The number of ether oxygens (including phenoxy) is 1. The Morgan fingerprint density at radius 2 is 1.56 bits per heavy atom. The maximum atomic E-state index is 14.2. The number of carbonyl (C=O) groups excluding carboxylic acids is 2. The molecule has 2 amide bonds. The first-order valence-corrected chi connectivity index (χ1v) is 15.2. The Bertz CT molecular complexity index is 1470. The maximum absolute atomic E-state index is 14.2. The van der Waals surface area contributed by atoms with Crippen molar-refractivity contribution in [2.45, 2.75) is 71.5 Å². The summed E-state index contributed by atoms with van der Waals surface area (Å²) in [7, 11) is -2.74. The Morgan fingerprint density at radius 1 is 0.927 bits per heavy atom. The highest BCUT2D eigenvalue weighted by Gasteiger charge is 2.34. The number of amides is 2. The molecule has 0 saturated carbocycles. The SMILES string of the molecule is CC[C@H](C)NC(=O)[C@H](C)N(Cc1ccccc1C)C(=O)CN(c1cc(C)ccc1OC)S(=O)(=O)c1ccc(C)cc1. The number of nitrogens with one attached hydrogen (secondary N) is 1. The Hall–Kier alpha value is -3.85. The molecule has 0 saturated heterocycles. The van der Waals surface area contributed by atoms with Crippen molar-refractivity contribution < 1.29 is 22.7 Å². The van der Waals surface area contributed by atoms with Gasteiger partial charge in [-0.15, -0.1) is 0 Å². The number of sulfonamides is 1. The number of rotatable bonds is 12. The summed E-state index contributed by atoms with van der Waals surface area (Å²) >= 11 is 0. The van der Waals surface area contributed by atoms with Gasteiger partial charge in [-0.25, -0.2) is 8.42 Å². The zero-order valence-electron chi connectivity index (χ0n) is 25.0. The van der Waals surface area contributed by atoms with Gasteiger partial charge in [0.25, 0.3) is 10.0 Å². The van der Waals surface area contributed by atoms with Crippen LogP contribution in [0.4, 0.5) is 5.69 Å². The van der Waals surface area contributed by atoms with Gasteiger partial charge in [-0.3, -0.25) is 13.9 Å². The molecule has 8 nitrogen and oxygen atoms in total. The van der Waals surface area contributed by atoms with E-state index in [0.29, 0.717) is 5.75 Å². The number of benzene rings is 3. The maximum Gasteiger partial charge on any atom is 0.264 e. The van der Waals surface area contributed by atoms with E-state index in [4.69, 9.17) is 4.74 Å². The predicted molar refractivity (Wildman–Crippen MR) is 163 cm³/mol. The van der Waals surface area contributed by atoms with Crippen LogP contribution in [-0.4, -0.2) is 50.9 Å². The molecular weight excluding hydrogens is 538 g/mol. The zero-order valence-corrected chi connectivity index (χ0v) is 25.8. The minimum atomic E-state index is -4.19. The van der Waals surface area contributed by atoms with Crippen LogP contribution in [0.1, 0.15) is 49.4 Å². The summed E-state index contributed by atoms with van der Waals surface area (Å²) in [6.07, 6.45) is 0.736. The average Bonchev–Trinajstić information content (AvgIpc) is 2.95. The fourth-order valence-corrected chi connectivity index (χ4v) is 5.78. The number of nitrogens with zero attached hydrogens (tertiary/aromatic N) is 2. The van der Waals surface area contributed by atoms with Crippen LogP contribution in [0.25, 0.3) is 0 Å². The van der Waals surface area contributed by atoms with Gasteiger partial charge in [-0.2, -0.15) is 0 Å². The van der Waals surface area contributed by atoms with E-state index < -0.39 is 28.5 Å².